The van der Waals surface area contributed by atoms with E-state index in [1.807, 2.05) is 44.2 Å². The van der Waals surface area contributed by atoms with Gasteiger partial charge in [-0.25, -0.2) is 4.39 Å². The fourth-order valence-corrected chi connectivity index (χ4v) is 3.90. The summed E-state index contributed by atoms with van der Waals surface area (Å²) in [6.07, 6.45) is 7.40. The Morgan fingerprint density at radius 1 is 1.21 bits per heavy atom. The van der Waals surface area contributed by atoms with Crippen LogP contribution >= 0.6 is 0 Å². The summed E-state index contributed by atoms with van der Waals surface area (Å²) in [4.78, 5) is 15.0. The zero-order valence-electron chi connectivity index (χ0n) is 19.2. The molecule has 0 spiro atoms. The average Bonchev–Trinajstić information content (AvgIpc) is 3.34. The Kier molecular flexibility index (Phi) is 7.41. The second-order valence-electron chi connectivity index (χ2n) is 8.30. The number of amides is 1. The number of carbonyl (C=O) groups is 1. The summed E-state index contributed by atoms with van der Waals surface area (Å²) in [5.74, 6) is 5.81. The summed E-state index contributed by atoms with van der Waals surface area (Å²) in [7, 11) is 0. The number of nitrogens with one attached hydrogen (secondary N) is 2. The van der Waals surface area contributed by atoms with E-state index in [1.54, 1.807) is 24.5 Å². The first kappa shape index (κ1) is 23.3. The van der Waals surface area contributed by atoms with Crippen LogP contribution in [0.5, 0.6) is 0 Å². The highest BCUT2D eigenvalue weighted by molar-refractivity contribution is 5.95. The molecule has 1 amide bonds. The highest BCUT2D eigenvalue weighted by Gasteiger charge is 2.24. The van der Waals surface area contributed by atoms with E-state index in [1.165, 1.54) is 12.1 Å². The van der Waals surface area contributed by atoms with E-state index >= 15 is 0 Å². The van der Waals surface area contributed by atoms with Gasteiger partial charge in [-0.2, -0.15) is 5.10 Å². The zero-order valence-corrected chi connectivity index (χ0v) is 19.2. The molecule has 0 unspecified atom stereocenters. The highest BCUT2D eigenvalue weighted by Crippen LogP contribution is 2.25. The summed E-state index contributed by atoms with van der Waals surface area (Å²) in [6.45, 7) is 5.96. The van der Waals surface area contributed by atoms with Gasteiger partial charge in [0.05, 0.1) is 24.1 Å². The van der Waals surface area contributed by atoms with Gasteiger partial charge in [0.15, 0.2) is 0 Å². The van der Waals surface area contributed by atoms with E-state index in [2.05, 4.69) is 32.3 Å². The maximum atomic E-state index is 13.3. The van der Waals surface area contributed by atoms with Crippen LogP contribution in [-0.4, -0.2) is 47.9 Å². The predicted octanol–water partition coefficient (Wildman–Crippen LogP) is 4.01. The fraction of sp³-hybridized carbons (Fsp3) is 0.259. The van der Waals surface area contributed by atoms with Crippen molar-refractivity contribution in [1.29, 1.82) is 0 Å². The minimum Gasteiger partial charge on any atom is -0.372 e. The van der Waals surface area contributed by atoms with Crippen LogP contribution < -0.4 is 10.2 Å². The second-order valence-corrected chi connectivity index (χ2v) is 8.30. The lowest BCUT2D eigenvalue weighted by molar-refractivity contribution is -0.00523. The summed E-state index contributed by atoms with van der Waals surface area (Å²) in [6, 6.07) is 11.6. The normalized spacial score (nSPS) is 17.9. The topological polar surface area (TPSA) is 70.2 Å². The fourth-order valence-electron chi connectivity index (χ4n) is 3.90. The van der Waals surface area contributed by atoms with Crippen molar-refractivity contribution in [2.75, 3.05) is 24.5 Å². The number of morpholine rings is 1. The van der Waals surface area contributed by atoms with Crippen LogP contribution in [-0.2, 0) is 4.74 Å². The number of nitrogens with zero attached hydrogens (tertiary/aromatic N) is 2. The van der Waals surface area contributed by atoms with Crippen LogP contribution in [0.3, 0.4) is 0 Å². The monoisotopic (exact) mass is 458 g/mol. The third-order valence-electron chi connectivity index (χ3n) is 5.41. The number of ether oxygens (including phenoxy) is 1. The van der Waals surface area contributed by atoms with Crippen molar-refractivity contribution in [3.8, 4) is 11.8 Å². The zero-order chi connectivity index (χ0) is 23.9. The molecule has 1 aliphatic heterocycles. The van der Waals surface area contributed by atoms with Crippen LogP contribution in [0.4, 0.5) is 10.1 Å². The van der Waals surface area contributed by atoms with Crippen molar-refractivity contribution < 1.29 is 13.9 Å². The van der Waals surface area contributed by atoms with Gasteiger partial charge in [-0.05, 0) is 56.3 Å². The molecule has 3 aromatic rings. The standard InChI is InChI=1S/C27H27FN4O2/c1-19-17-32(18-20(2)34-19)26-12-9-24(27(33)29-13-3-4-22-15-30-31-16-22)14-23(26)8-5-21-6-10-25(28)11-7-21/h3-4,6-7,9-12,14-16,19-20H,13,17-18H2,1-2H3,(H,29,33)(H,30,31)/b4-3+/t19-,20+. The Hall–Kier alpha value is -3.89. The lowest BCUT2D eigenvalue weighted by Gasteiger charge is -2.37. The number of halogens is 1. The summed E-state index contributed by atoms with van der Waals surface area (Å²) >= 11 is 0. The van der Waals surface area contributed by atoms with Crippen LogP contribution in [0.1, 0.15) is 40.9 Å². The van der Waals surface area contributed by atoms with Crippen LogP contribution in [0.25, 0.3) is 6.08 Å². The van der Waals surface area contributed by atoms with Crippen molar-refractivity contribution in [2.24, 2.45) is 0 Å². The minimum absolute atomic E-state index is 0.0895. The van der Waals surface area contributed by atoms with E-state index in [4.69, 9.17) is 4.74 Å². The molecule has 0 bridgehead atoms. The summed E-state index contributed by atoms with van der Waals surface area (Å²) < 4.78 is 19.1. The number of hydrogen-bond donors (Lipinski definition) is 2. The molecule has 0 radical (unpaired) electrons. The quantitative estimate of drug-likeness (QED) is 0.567. The molecular weight excluding hydrogens is 431 g/mol. The molecule has 2 atom stereocenters. The Balaban J connectivity index is 1.57. The number of rotatable bonds is 5. The maximum Gasteiger partial charge on any atom is 0.251 e. The van der Waals surface area contributed by atoms with Crippen LogP contribution in [0.15, 0.2) is 60.9 Å². The molecule has 1 saturated heterocycles. The number of carbonyl (C=O) groups excluding carboxylic acids is 1. The Morgan fingerprint density at radius 3 is 2.68 bits per heavy atom. The van der Waals surface area contributed by atoms with Gasteiger partial charge in [-0.3, -0.25) is 9.89 Å². The largest absolute Gasteiger partial charge is 0.372 e. The van der Waals surface area contributed by atoms with E-state index in [9.17, 15) is 9.18 Å². The van der Waals surface area contributed by atoms with Gasteiger partial charge in [0.1, 0.15) is 5.82 Å². The molecule has 1 aromatic heterocycles. The van der Waals surface area contributed by atoms with Crippen molar-refractivity contribution in [3.05, 3.63) is 89.0 Å². The first-order chi connectivity index (χ1) is 16.5. The number of benzene rings is 2. The number of aromatic amines is 1. The smallest absolute Gasteiger partial charge is 0.251 e. The van der Waals surface area contributed by atoms with Crippen molar-refractivity contribution >= 4 is 17.7 Å². The van der Waals surface area contributed by atoms with Gasteiger partial charge in [0, 0.05) is 48.1 Å². The summed E-state index contributed by atoms with van der Waals surface area (Å²) in [5.41, 5.74) is 3.86. The lowest BCUT2D eigenvalue weighted by Crippen LogP contribution is -2.45. The molecule has 6 nitrogen and oxygen atoms in total. The van der Waals surface area contributed by atoms with E-state index in [0.29, 0.717) is 17.7 Å². The third-order valence-corrected chi connectivity index (χ3v) is 5.41. The molecule has 2 aromatic carbocycles. The lowest BCUT2D eigenvalue weighted by atomic mass is 10.0. The maximum absolute atomic E-state index is 13.3. The molecule has 4 rings (SSSR count). The molecule has 2 N–H and O–H groups in total. The number of anilines is 1. The average molecular weight is 459 g/mol. The van der Waals surface area contributed by atoms with Gasteiger partial charge in [-0.15, -0.1) is 0 Å². The van der Waals surface area contributed by atoms with E-state index in [0.717, 1.165) is 29.9 Å². The first-order valence-corrected chi connectivity index (χ1v) is 11.2. The third kappa shape index (κ3) is 6.12. The molecule has 7 heteroatoms. The highest BCUT2D eigenvalue weighted by atomic mass is 19.1. The Morgan fingerprint density at radius 2 is 1.97 bits per heavy atom. The van der Waals surface area contributed by atoms with Crippen LogP contribution in [0.2, 0.25) is 0 Å². The van der Waals surface area contributed by atoms with E-state index in [-0.39, 0.29) is 23.9 Å². The number of aromatic nitrogens is 2. The first-order valence-electron chi connectivity index (χ1n) is 11.2. The Bertz CT molecular complexity index is 1200. The molecule has 0 aliphatic carbocycles. The molecule has 2 heterocycles. The van der Waals surface area contributed by atoms with Gasteiger partial charge in [-0.1, -0.05) is 24.0 Å². The molecule has 1 fully saturated rings. The van der Waals surface area contributed by atoms with Gasteiger partial charge >= 0.3 is 0 Å². The van der Waals surface area contributed by atoms with Crippen LogP contribution in [0, 0.1) is 17.7 Å². The molecular formula is C27H27FN4O2. The van der Waals surface area contributed by atoms with Crippen molar-refractivity contribution in [3.63, 3.8) is 0 Å². The Labute approximate surface area is 198 Å². The molecule has 1 aliphatic rings. The summed E-state index contributed by atoms with van der Waals surface area (Å²) in [5, 5.41) is 9.53. The van der Waals surface area contributed by atoms with Gasteiger partial charge in [0.25, 0.3) is 5.91 Å². The van der Waals surface area contributed by atoms with Gasteiger partial charge < -0.3 is 15.0 Å². The molecule has 34 heavy (non-hydrogen) atoms. The van der Waals surface area contributed by atoms with Gasteiger partial charge in [0.2, 0.25) is 0 Å². The second kappa shape index (κ2) is 10.8. The van der Waals surface area contributed by atoms with Crippen molar-refractivity contribution in [1.82, 2.24) is 15.5 Å². The van der Waals surface area contributed by atoms with E-state index < -0.39 is 0 Å². The molecule has 0 saturated carbocycles. The molecule has 174 valence electrons. The number of H-pyrrole nitrogens is 1. The predicted molar refractivity (Wildman–Crippen MR) is 131 cm³/mol. The van der Waals surface area contributed by atoms with Crippen molar-refractivity contribution in [2.45, 2.75) is 26.1 Å². The minimum atomic E-state index is -0.303. The number of hydrogen-bond acceptors (Lipinski definition) is 4. The SMILES string of the molecule is C[C@@H]1CN(c2ccc(C(=O)NC/C=C/c3cn[nH]c3)cc2C#Cc2ccc(F)cc2)C[C@H](C)O1.